The second-order valence-corrected chi connectivity index (χ2v) is 6.63. The minimum atomic E-state index is -1.64. The fraction of sp³-hybridized carbons (Fsp3) is 0.625. The van der Waals surface area contributed by atoms with E-state index in [2.05, 4.69) is 5.32 Å². The zero-order valence-corrected chi connectivity index (χ0v) is 15.3. The van der Waals surface area contributed by atoms with Crippen LogP contribution in [-0.2, 0) is 14.3 Å². The van der Waals surface area contributed by atoms with Gasteiger partial charge in [0.25, 0.3) is 5.56 Å². The van der Waals surface area contributed by atoms with E-state index < -0.39 is 59.7 Å². The molecule has 0 saturated carbocycles. The zero-order chi connectivity index (χ0) is 21.0. The third-order valence-electron chi connectivity index (χ3n) is 4.54. The minimum Gasteiger partial charge on any atom is -0.387 e. The number of nitrogens with two attached hydrogens (primary N) is 2. The molecule has 0 aromatic carbocycles. The summed E-state index contributed by atoms with van der Waals surface area (Å²) in [5, 5.41) is 22.9. The predicted octanol–water partition coefficient (Wildman–Crippen LogP) is -3.36. The molecule has 1 aliphatic heterocycles. The van der Waals surface area contributed by atoms with E-state index in [-0.39, 0.29) is 0 Å². The standard InChI is InChI=1S/C16H25N5O7/c1-2-3-4-7(17)14(26)20-9(13(18)25)12-10(23)11(24)15(28-12)21-6-5-8(22)19-16(21)27/h5-7,9-12,15,23-24H,2-4,17H2,1H3,(H2,18,25)(H,20,26)(H,19,22,27). The van der Waals surface area contributed by atoms with Crippen LogP contribution in [-0.4, -0.2) is 62.0 Å². The third kappa shape index (κ3) is 4.65. The van der Waals surface area contributed by atoms with Crippen LogP contribution >= 0.6 is 0 Å². The highest BCUT2D eigenvalue weighted by Gasteiger charge is 2.49. The molecule has 2 heterocycles. The number of carbonyl (C=O) groups excluding carboxylic acids is 2. The van der Waals surface area contributed by atoms with Gasteiger partial charge in [0.05, 0.1) is 6.04 Å². The number of amides is 2. The van der Waals surface area contributed by atoms with E-state index >= 15 is 0 Å². The quantitative estimate of drug-likeness (QED) is 0.260. The van der Waals surface area contributed by atoms with Gasteiger partial charge >= 0.3 is 5.69 Å². The van der Waals surface area contributed by atoms with Crippen molar-refractivity contribution in [1.29, 1.82) is 0 Å². The Morgan fingerprint density at radius 3 is 2.61 bits per heavy atom. The van der Waals surface area contributed by atoms with E-state index in [1.54, 1.807) is 0 Å². The van der Waals surface area contributed by atoms with E-state index in [4.69, 9.17) is 16.2 Å². The number of aromatic amines is 1. The molecular weight excluding hydrogens is 374 g/mol. The summed E-state index contributed by atoms with van der Waals surface area (Å²) in [6.45, 7) is 1.93. The highest BCUT2D eigenvalue weighted by Crippen LogP contribution is 2.30. The number of ether oxygens (including phenoxy) is 1. The topological polar surface area (TPSA) is 203 Å². The van der Waals surface area contributed by atoms with E-state index in [1.807, 2.05) is 11.9 Å². The molecule has 0 bridgehead atoms. The Hall–Kier alpha value is -2.54. The number of nitrogens with zero attached hydrogens (tertiary/aromatic N) is 1. The van der Waals surface area contributed by atoms with E-state index in [9.17, 15) is 29.4 Å². The maximum Gasteiger partial charge on any atom is 0.330 e. The number of hydrogen-bond donors (Lipinski definition) is 6. The lowest BCUT2D eigenvalue weighted by Gasteiger charge is -2.25. The molecule has 0 aliphatic carbocycles. The average Bonchev–Trinajstić information content (AvgIpc) is 2.92. The number of aliphatic hydroxyl groups is 2. The molecule has 0 radical (unpaired) electrons. The largest absolute Gasteiger partial charge is 0.387 e. The van der Waals surface area contributed by atoms with Crippen LogP contribution in [0, 0.1) is 0 Å². The first-order chi connectivity index (χ1) is 13.2. The Morgan fingerprint density at radius 1 is 1.36 bits per heavy atom. The summed E-state index contributed by atoms with van der Waals surface area (Å²) in [4.78, 5) is 49.1. The normalized spacial score (nSPS) is 26.6. The van der Waals surface area contributed by atoms with Crippen LogP contribution < -0.4 is 28.0 Å². The Kier molecular flexibility index (Phi) is 7.07. The van der Waals surface area contributed by atoms with Gasteiger partial charge in [-0.3, -0.25) is 23.9 Å². The van der Waals surface area contributed by atoms with Gasteiger partial charge in [-0.1, -0.05) is 19.8 Å². The highest BCUT2D eigenvalue weighted by molar-refractivity contribution is 5.89. The molecular formula is C16H25N5O7. The molecule has 2 amide bonds. The lowest BCUT2D eigenvalue weighted by atomic mass is 10.0. The van der Waals surface area contributed by atoms with Gasteiger partial charge in [-0.25, -0.2) is 4.79 Å². The molecule has 1 fully saturated rings. The van der Waals surface area contributed by atoms with Gasteiger partial charge in [0.1, 0.15) is 24.4 Å². The molecule has 1 aliphatic rings. The SMILES string of the molecule is CCCCC(N)C(=O)NC(C(N)=O)C1OC(n2ccc(=O)[nH]c2=O)C(O)C1O. The summed E-state index contributed by atoms with van der Waals surface area (Å²) in [6, 6.07) is -1.35. The van der Waals surface area contributed by atoms with Crippen LogP contribution in [0.2, 0.25) is 0 Å². The highest BCUT2D eigenvalue weighted by atomic mass is 16.6. The second kappa shape index (κ2) is 9.10. The summed E-state index contributed by atoms with van der Waals surface area (Å²) < 4.78 is 6.31. The van der Waals surface area contributed by atoms with Crippen molar-refractivity contribution < 1.29 is 24.5 Å². The molecule has 1 aromatic rings. The fourth-order valence-electron chi connectivity index (χ4n) is 2.95. The van der Waals surface area contributed by atoms with Gasteiger partial charge in [-0.15, -0.1) is 0 Å². The molecule has 0 spiro atoms. The summed E-state index contributed by atoms with van der Waals surface area (Å²) in [5.74, 6) is -1.67. The first-order valence-corrected chi connectivity index (χ1v) is 8.85. The molecule has 12 heteroatoms. The van der Waals surface area contributed by atoms with Crippen LogP contribution in [0.25, 0.3) is 0 Å². The summed E-state index contributed by atoms with van der Waals surface area (Å²) in [5.41, 5.74) is 9.55. The molecule has 2 rings (SSSR count). The third-order valence-corrected chi connectivity index (χ3v) is 4.54. The zero-order valence-electron chi connectivity index (χ0n) is 15.3. The Balaban J connectivity index is 2.21. The molecule has 1 saturated heterocycles. The number of hydrogen-bond acceptors (Lipinski definition) is 8. The number of aliphatic hydroxyl groups excluding tert-OH is 2. The monoisotopic (exact) mass is 399 g/mol. The van der Waals surface area contributed by atoms with Gasteiger partial charge in [-0.2, -0.15) is 0 Å². The van der Waals surface area contributed by atoms with Crippen molar-refractivity contribution in [3.05, 3.63) is 33.1 Å². The number of nitrogens with one attached hydrogen (secondary N) is 2. The molecule has 1 aromatic heterocycles. The molecule has 6 unspecified atom stereocenters. The summed E-state index contributed by atoms with van der Waals surface area (Å²) in [6.07, 6.45) is -3.12. The van der Waals surface area contributed by atoms with Gasteiger partial charge in [0.15, 0.2) is 6.23 Å². The first-order valence-electron chi connectivity index (χ1n) is 8.85. The Bertz CT molecular complexity index is 822. The van der Waals surface area contributed by atoms with Crippen LogP contribution in [0.1, 0.15) is 32.4 Å². The van der Waals surface area contributed by atoms with E-state index in [0.29, 0.717) is 12.8 Å². The molecule has 28 heavy (non-hydrogen) atoms. The first kappa shape index (κ1) is 21.8. The molecule has 156 valence electrons. The number of aromatic nitrogens is 2. The minimum absolute atomic E-state index is 0.389. The summed E-state index contributed by atoms with van der Waals surface area (Å²) in [7, 11) is 0. The smallest absolute Gasteiger partial charge is 0.330 e. The van der Waals surface area contributed by atoms with E-state index in [0.717, 1.165) is 23.3 Å². The van der Waals surface area contributed by atoms with Crippen molar-refractivity contribution in [3.8, 4) is 0 Å². The van der Waals surface area contributed by atoms with E-state index in [1.165, 1.54) is 0 Å². The van der Waals surface area contributed by atoms with Crippen LogP contribution in [0.5, 0.6) is 0 Å². The number of primary amides is 1. The van der Waals surface area contributed by atoms with Crippen molar-refractivity contribution >= 4 is 11.8 Å². The molecule has 8 N–H and O–H groups in total. The molecule has 6 atom stereocenters. The van der Waals surface area contributed by atoms with Crippen LogP contribution in [0.4, 0.5) is 0 Å². The second-order valence-electron chi connectivity index (χ2n) is 6.63. The van der Waals surface area contributed by atoms with Gasteiger partial charge in [-0.05, 0) is 6.42 Å². The molecule has 12 nitrogen and oxygen atoms in total. The van der Waals surface area contributed by atoms with Crippen molar-refractivity contribution in [2.45, 2.75) is 62.8 Å². The van der Waals surface area contributed by atoms with Crippen LogP contribution in [0.3, 0.4) is 0 Å². The van der Waals surface area contributed by atoms with Crippen molar-refractivity contribution in [1.82, 2.24) is 14.9 Å². The summed E-state index contributed by atoms with van der Waals surface area (Å²) >= 11 is 0. The Morgan fingerprint density at radius 2 is 2.04 bits per heavy atom. The average molecular weight is 399 g/mol. The van der Waals surface area contributed by atoms with Crippen molar-refractivity contribution in [2.75, 3.05) is 0 Å². The van der Waals surface area contributed by atoms with Gasteiger partial charge in [0.2, 0.25) is 11.8 Å². The van der Waals surface area contributed by atoms with Gasteiger partial charge < -0.3 is 31.7 Å². The number of carbonyl (C=O) groups is 2. The number of rotatable bonds is 8. The van der Waals surface area contributed by atoms with Crippen molar-refractivity contribution in [3.63, 3.8) is 0 Å². The lowest BCUT2D eigenvalue weighted by molar-refractivity contribution is -0.134. The number of unbranched alkanes of at least 4 members (excludes halogenated alkanes) is 1. The van der Waals surface area contributed by atoms with Crippen molar-refractivity contribution in [2.24, 2.45) is 11.5 Å². The maximum atomic E-state index is 12.2. The lowest BCUT2D eigenvalue weighted by Crippen LogP contribution is -2.58. The van der Waals surface area contributed by atoms with Gasteiger partial charge in [0, 0.05) is 12.3 Å². The fourth-order valence-corrected chi connectivity index (χ4v) is 2.95. The Labute approximate surface area is 159 Å². The predicted molar refractivity (Wildman–Crippen MR) is 95.9 cm³/mol. The maximum absolute atomic E-state index is 12.2. The number of H-pyrrole nitrogens is 1. The van der Waals surface area contributed by atoms with Crippen LogP contribution in [0.15, 0.2) is 21.9 Å².